The predicted octanol–water partition coefficient (Wildman–Crippen LogP) is 2.08. The number of hydrogen-bond donors (Lipinski definition) is 0. The number of carbonyl (C=O) groups excluding carboxylic acids is 1. The lowest BCUT2D eigenvalue weighted by Crippen LogP contribution is -2.39. The normalized spacial score (nSPS) is 17.4. The van der Waals surface area contributed by atoms with Crippen molar-refractivity contribution >= 4 is 5.91 Å². The Balaban J connectivity index is 1.48. The van der Waals surface area contributed by atoms with E-state index in [-0.39, 0.29) is 11.8 Å². The zero-order valence-electron chi connectivity index (χ0n) is 13.7. The number of imidazole rings is 1. The summed E-state index contributed by atoms with van der Waals surface area (Å²) in [7, 11) is 0. The zero-order valence-corrected chi connectivity index (χ0v) is 13.7. The lowest BCUT2D eigenvalue weighted by atomic mass is 9.94. The summed E-state index contributed by atoms with van der Waals surface area (Å²) in [5, 5.41) is 0. The highest BCUT2D eigenvalue weighted by molar-refractivity contribution is 5.94. The van der Waals surface area contributed by atoms with Crippen molar-refractivity contribution in [2.75, 3.05) is 13.1 Å². The van der Waals surface area contributed by atoms with Crippen LogP contribution >= 0.6 is 0 Å². The third kappa shape index (κ3) is 3.26. The summed E-state index contributed by atoms with van der Waals surface area (Å²) >= 11 is 0. The molecule has 0 saturated carbocycles. The maximum atomic E-state index is 12.8. The van der Waals surface area contributed by atoms with Crippen LogP contribution in [-0.4, -0.2) is 48.4 Å². The first kappa shape index (κ1) is 15.4. The summed E-state index contributed by atoms with van der Waals surface area (Å²) < 4.78 is 1.80. The molecular weight excluding hydrogens is 316 g/mol. The van der Waals surface area contributed by atoms with Crippen LogP contribution in [0.15, 0.2) is 55.6 Å². The van der Waals surface area contributed by atoms with Gasteiger partial charge in [-0.25, -0.2) is 9.97 Å². The fourth-order valence-corrected chi connectivity index (χ4v) is 3.17. The van der Waals surface area contributed by atoms with E-state index in [2.05, 4.69) is 19.9 Å². The highest BCUT2D eigenvalue weighted by Gasteiger charge is 2.26. The van der Waals surface area contributed by atoms with Gasteiger partial charge in [-0.2, -0.15) is 0 Å². The van der Waals surface area contributed by atoms with Gasteiger partial charge in [0, 0.05) is 56.2 Å². The van der Waals surface area contributed by atoms with E-state index in [4.69, 9.17) is 0 Å². The Labute approximate surface area is 145 Å². The van der Waals surface area contributed by atoms with E-state index in [0.29, 0.717) is 12.1 Å². The molecular formula is C18H18N6O. The third-order valence-corrected chi connectivity index (χ3v) is 4.47. The average Bonchev–Trinajstić information content (AvgIpc) is 3.23. The minimum Gasteiger partial charge on any atom is -0.338 e. The molecule has 3 aromatic heterocycles. The van der Waals surface area contributed by atoms with Gasteiger partial charge in [-0.05, 0) is 25.0 Å². The molecule has 7 heteroatoms. The van der Waals surface area contributed by atoms with E-state index in [1.807, 2.05) is 23.2 Å². The van der Waals surface area contributed by atoms with E-state index in [9.17, 15) is 4.79 Å². The lowest BCUT2D eigenvalue weighted by molar-refractivity contribution is 0.0705. The van der Waals surface area contributed by atoms with Gasteiger partial charge in [-0.15, -0.1) is 0 Å². The third-order valence-electron chi connectivity index (χ3n) is 4.47. The lowest BCUT2D eigenvalue weighted by Gasteiger charge is -2.32. The molecule has 1 aliphatic heterocycles. The van der Waals surface area contributed by atoms with Gasteiger partial charge in [0.2, 0.25) is 0 Å². The second-order valence-corrected chi connectivity index (χ2v) is 6.10. The van der Waals surface area contributed by atoms with Gasteiger partial charge in [0.25, 0.3) is 5.91 Å². The topological polar surface area (TPSA) is 76.8 Å². The number of amides is 1. The molecule has 1 amide bonds. The van der Waals surface area contributed by atoms with Crippen LogP contribution in [0.5, 0.6) is 0 Å². The molecule has 0 aromatic carbocycles. The Morgan fingerprint density at radius 3 is 2.76 bits per heavy atom. The highest BCUT2D eigenvalue weighted by atomic mass is 16.2. The maximum Gasteiger partial charge on any atom is 0.255 e. The molecule has 0 aliphatic carbocycles. The van der Waals surface area contributed by atoms with Crippen molar-refractivity contribution < 1.29 is 4.79 Å². The second-order valence-electron chi connectivity index (χ2n) is 6.10. The molecule has 126 valence electrons. The van der Waals surface area contributed by atoms with Gasteiger partial charge in [0.05, 0.1) is 11.3 Å². The Morgan fingerprint density at radius 2 is 2.04 bits per heavy atom. The van der Waals surface area contributed by atoms with Crippen LogP contribution in [0.3, 0.4) is 0 Å². The summed E-state index contributed by atoms with van der Waals surface area (Å²) in [6.45, 7) is 1.43. The first-order valence-corrected chi connectivity index (χ1v) is 8.31. The molecule has 0 unspecified atom stereocenters. The van der Waals surface area contributed by atoms with Gasteiger partial charge in [-0.1, -0.05) is 0 Å². The molecule has 4 rings (SSSR count). The van der Waals surface area contributed by atoms with E-state index < -0.39 is 0 Å². The van der Waals surface area contributed by atoms with Crippen molar-refractivity contribution in [2.45, 2.75) is 18.8 Å². The highest BCUT2D eigenvalue weighted by Crippen LogP contribution is 2.25. The van der Waals surface area contributed by atoms with Gasteiger partial charge < -0.3 is 4.90 Å². The number of carbonyl (C=O) groups is 1. The summed E-state index contributed by atoms with van der Waals surface area (Å²) in [6, 6.07) is 3.65. The summed E-state index contributed by atoms with van der Waals surface area (Å²) in [4.78, 5) is 31.6. The second kappa shape index (κ2) is 6.80. The summed E-state index contributed by atoms with van der Waals surface area (Å²) in [5.41, 5.74) is 1.55. The molecule has 0 bridgehead atoms. The molecule has 3 aromatic rings. The number of hydrogen-bond acceptors (Lipinski definition) is 5. The molecule has 0 N–H and O–H groups in total. The van der Waals surface area contributed by atoms with Gasteiger partial charge in [-0.3, -0.25) is 19.3 Å². The number of likely N-dealkylation sites (tertiary alicyclic amines) is 1. The number of aromatic nitrogens is 5. The van der Waals surface area contributed by atoms with Crippen molar-refractivity contribution in [2.24, 2.45) is 0 Å². The number of rotatable bonds is 3. The molecule has 1 aliphatic rings. The van der Waals surface area contributed by atoms with Crippen molar-refractivity contribution in [3.8, 4) is 5.82 Å². The standard InChI is InChI=1S/C18H18N6O/c25-18(14-3-4-17(22-10-14)24-9-7-20-13-24)23-8-1-2-15(12-23)16-11-19-5-6-21-16/h3-7,9-11,13,15H,1-2,8,12H2/t15-/m0/s1. The summed E-state index contributed by atoms with van der Waals surface area (Å²) in [5.74, 6) is 0.994. The van der Waals surface area contributed by atoms with Crippen LogP contribution < -0.4 is 0 Å². The Bertz CT molecular complexity index is 832. The van der Waals surface area contributed by atoms with Crippen LogP contribution in [-0.2, 0) is 0 Å². The molecule has 1 atom stereocenters. The minimum absolute atomic E-state index is 0.0123. The van der Waals surface area contributed by atoms with Crippen molar-refractivity contribution in [1.29, 1.82) is 0 Å². The quantitative estimate of drug-likeness (QED) is 0.733. The molecule has 4 heterocycles. The average molecular weight is 334 g/mol. The smallest absolute Gasteiger partial charge is 0.255 e. The zero-order chi connectivity index (χ0) is 17.1. The number of nitrogens with zero attached hydrogens (tertiary/aromatic N) is 6. The van der Waals surface area contributed by atoms with Crippen LogP contribution in [0.2, 0.25) is 0 Å². The largest absolute Gasteiger partial charge is 0.338 e. The first-order valence-electron chi connectivity index (χ1n) is 8.31. The van der Waals surface area contributed by atoms with Gasteiger partial charge in [0.1, 0.15) is 12.1 Å². The van der Waals surface area contributed by atoms with Crippen LogP contribution in [0.25, 0.3) is 5.82 Å². The molecule has 25 heavy (non-hydrogen) atoms. The summed E-state index contributed by atoms with van der Waals surface area (Å²) in [6.07, 6.45) is 14.0. The number of pyridine rings is 1. The van der Waals surface area contributed by atoms with Crippen molar-refractivity contribution in [3.63, 3.8) is 0 Å². The van der Waals surface area contributed by atoms with Gasteiger partial charge >= 0.3 is 0 Å². The van der Waals surface area contributed by atoms with E-state index in [0.717, 1.165) is 30.9 Å². The molecule has 1 saturated heterocycles. The van der Waals surface area contributed by atoms with Crippen molar-refractivity contribution in [1.82, 2.24) is 29.4 Å². The van der Waals surface area contributed by atoms with Crippen LogP contribution in [0.1, 0.15) is 34.8 Å². The predicted molar refractivity (Wildman–Crippen MR) is 91.3 cm³/mol. The molecule has 7 nitrogen and oxygen atoms in total. The molecule has 0 radical (unpaired) electrons. The Hall–Kier alpha value is -3.09. The van der Waals surface area contributed by atoms with Crippen LogP contribution in [0.4, 0.5) is 0 Å². The molecule has 1 fully saturated rings. The minimum atomic E-state index is 0.0123. The van der Waals surface area contributed by atoms with E-state index >= 15 is 0 Å². The fraction of sp³-hybridized carbons (Fsp3) is 0.278. The van der Waals surface area contributed by atoms with E-state index in [1.54, 1.807) is 41.9 Å². The monoisotopic (exact) mass is 334 g/mol. The van der Waals surface area contributed by atoms with Crippen LogP contribution in [0, 0.1) is 0 Å². The molecule has 0 spiro atoms. The maximum absolute atomic E-state index is 12.8. The first-order chi connectivity index (χ1) is 12.3. The fourth-order valence-electron chi connectivity index (χ4n) is 3.17. The Morgan fingerprint density at radius 1 is 1.08 bits per heavy atom. The van der Waals surface area contributed by atoms with E-state index in [1.165, 1.54) is 0 Å². The van der Waals surface area contributed by atoms with Crippen molar-refractivity contribution in [3.05, 3.63) is 66.9 Å². The van der Waals surface area contributed by atoms with Gasteiger partial charge in [0.15, 0.2) is 0 Å². The Kier molecular flexibility index (Phi) is 4.20. The number of piperidine rings is 1. The SMILES string of the molecule is O=C(c1ccc(-n2ccnc2)nc1)N1CCC[C@H](c2cnccn2)C1.